The number of unbranched alkanes of at least 4 members (excludes halogenated alkanes) is 1. The zero-order valence-electron chi connectivity index (χ0n) is 17.9. The average molecular weight is 455 g/mol. The van der Waals surface area contributed by atoms with Crippen molar-refractivity contribution >= 4 is 29.0 Å². The van der Waals surface area contributed by atoms with E-state index in [4.69, 9.17) is 33.2 Å². The number of hydrogen-bond donors (Lipinski definition) is 0. The quantitative estimate of drug-likeness (QED) is 0.429. The van der Waals surface area contributed by atoms with Gasteiger partial charge in [-0.2, -0.15) is 0 Å². The fraction of sp³-hybridized carbons (Fsp3) is 0.360. The van der Waals surface area contributed by atoms with Gasteiger partial charge in [0.2, 0.25) is 0 Å². The number of anilines is 1. The minimum absolute atomic E-state index is 0.707. The lowest BCUT2D eigenvalue weighted by atomic mass is 10.0. The number of halogens is 2. The molecule has 6 heteroatoms. The first-order valence-electron chi connectivity index (χ1n) is 11.0. The Morgan fingerprint density at radius 2 is 1.45 bits per heavy atom. The highest BCUT2D eigenvalue weighted by Gasteiger charge is 2.19. The predicted molar refractivity (Wildman–Crippen MR) is 131 cm³/mol. The topological polar surface area (TPSA) is 32.3 Å². The van der Waals surface area contributed by atoms with Crippen LogP contribution >= 0.6 is 23.2 Å². The summed E-state index contributed by atoms with van der Waals surface area (Å²) in [5, 5.41) is 1.42. The van der Waals surface area contributed by atoms with Crippen LogP contribution in [0, 0.1) is 0 Å². The standard InChI is InChI=1S/C25H28Cl2N4/c1-2-3-13-30-14-4-15-31(17-16-30)23-18-28-24(19-5-9-21(26)10-6-19)25(29-23)20-7-11-22(27)12-8-20/h5-12,18H,2-4,13-17H2,1H3. The SMILES string of the molecule is CCCCN1CCCN(c2cnc(-c3ccc(Cl)cc3)c(-c3ccc(Cl)cc3)n2)CC1. The van der Waals surface area contributed by atoms with Crippen molar-refractivity contribution in [2.45, 2.75) is 26.2 Å². The largest absolute Gasteiger partial charge is 0.354 e. The Labute approximate surface area is 194 Å². The molecule has 2 aromatic carbocycles. The molecule has 4 rings (SSSR count). The van der Waals surface area contributed by atoms with Crippen molar-refractivity contribution in [3.63, 3.8) is 0 Å². The van der Waals surface area contributed by atoms with Crippen LogP contribution in [0.5, 0.6) is 0 Å². The van der Waals surface area contributed by atoms with Crippen molar-refractivity contribution in [3.8, 4) is 22.5 Å². The van der Waals surface area contributed by atoms with Gasteiger partial charge < -0.3 is 9.80 Å². The van der Waals surface area contributed by atoms with Gasteiger partial charge in [-0.05, 0) is 50.2 Å². The summed E-state index contributed by atoms with van der Waals surface area (Å²) in [6.45, 7) is 7.62. The molecule has 0 aliphatic carbocycles. The monoisotopic (exact) mass is 454 g/mol. The summed E-state index contributed by atoms with van der Waals surface area (Å²) >= 11 is 12.2. The van der Waals surface area contributed by atoms with Crippen molar-refractivity contribution in [1.82, 2.24) is 14.9 Å². The first-order valence-corrected chi connectivity index (χ1v) is 11.8. The second kappa shape index (κ2) is 10.4. The first kappa shape index (κ1) is 22.1. The minimum atomic E-state index is 0.707. The van der Waals surface area contributed by atoms with Crippen LogP contribution in [0.3, 0.4) is 0 Å². The molecule has 0 spiro atoms. The third-order valence-electron chi connectivity index (χ3n) is 5.74. The fourth-order valence-electron chi connectivity index (χ4n) is 3.97. The summed E-state index contributed by atoms with van der Waals surface area (Å²) < 4.78 is 0. The van der Waals surface area contributed by atoms with E-state index < -0.39 is 0 Å². The molecular formula is C25H28Cl2N4. The maximum atomic E-state index is 6.13. The molecule has 1 aliphatic rings. The van der Waals surface area contributed by atoms with Gasteiger partial charge in [0.25, 0.3) is 0 Å². The second-order valence-electron chi connectivity index (χ2n) is 7.97. The zero-order chi connectivity index (χ0) is 21.6. The molecule has 1 aliphatic heterocycles. The summed E-state index contributed by atoms with van der Waals surface area (Å²) in [7, 11) is 0. The highest BCUT2D eigenvalue weighted by molar-refractivity contribution is 6.31. The van der Waals surface area contributed by atoms with Gasteiger partial charge in [-0.1, -0.05) is 60.8 Å². The Morgan fingerprint density at radius 3 is 2.10 bits per heavy atom. The molecule has 0 saturated carbocycles. The number of nitrogens with zero attached hydrogens (tertiary/aromatic N) is 4. The van der Waals surface area contributed by atoms with Gasteiger partial charge >= 0.3 is 0 Å². The first-order chi connectivity index (χ1) is 15.1. The Kier molecular flexibility index (Phi) is 7.44. The van der Waals surface area contributed by atoms with Gasteiger partial charge in [0.05, 0.1) is 17.6 Å². The van der Waals surface area contributed by atoms with Crippen LogP contribution in [0.2, 0.25) is 10.0 Å². The molecule has 31 heavy (non-hydrogen) atoms. The molecule has 0 unspecified atom stereocenters. The second-order valence-corrected chi connectivity index (χ2v) is 8.85. The maximum Gasteiger partial charge on any atom is 0.147 e. The third kappa shape index (κ3) is 5.57. The Balaban J connectivity index is 1.66. The summed E-state index contributed by atoms with van der Waals surface area (Å²) in [6, 6.07) is 15.6. The fourth-order valence-corrected chi connectivity index (χ4v) is 4.22. The van der Waals surface area contributed by atoms with Gasteiger partial charge in [0.1, 0.15) is 5.82 Å². The summed E-state index contributed by atoms with van der Waals surface area (Å²) in [5.41, 5.74) is 3.71. The van der Waals surface area contributed by atoms with Crippen LogP contribution in [0.15, 0.2) is 54.7 Å². The van der Waals surface area contributed by atoms with Crippen molar-refractivity contribution in [2.75, 3.05) is 37.6 Å². The number of hydrogen-bond acceptors (Lipinski definition) is 4. The number of rotatable bonds is 6. The van der Waals surface area contributed by atoms with E-state index in [2.05, 4.69) is 16.7 Å². The minimum Gasteiger partial charge on any atom is -0.354 e. The molecule has 1 aromatic heterocycles. The summed E-state index contributed by atoms with van der Waals surface area (Å²) in [5.74, 6) is 0.931. The molecule has 0 N–H and O–H groups in total. The van der Waals surface area contributed by atoms with Gasteiger partial charge in [-0.3, -0.25) is 4.98 Å². The zero-order valence-corrected chi connectivity index (χ0v) is 19.4. The Hall–Kier alpha value is -2.14. The summed E-state index contributed by atoms with van der Waals surface area (Å²) in [4.78, 5) is 14.9. The van der Waals surface area contributed by atoms with E-state index in [-0.39, 0.29) is 0 Å². The Morgan fingerprint density at radius 1 is 0.806 bits per heavy atom. The molecular weight excluding hydrogens is 427 g/mol. The molecule has 1 saturated heterocycles. The van der Waals surface area contributed by atoms with Crippen molar-refractivity contribution < 1.29 is 0 Å². The Bertz CT molecular complexity index is 989. The smallest absolute Gasteiger partial charge is 0.147 e. The van der Waals surface area contributed by atoms with Gasteiger partial charge in [0.15, 0.2) is 0 Å². The van der Waals surface area contributed by atoms with E-state index in [0.717, 1.165) is 60.9 Å². The molecule has 2 heterocycles. The average Bonchev–Trinajstić information content (AvgIpc) is 3.04. The van der Waals surface area contributed by atoms with Crippen LogP contribution in [0.1, 0.15) is 26.2 Å². The van der Waals surface area contributed by atoms with Crippen LogP contribution in [0.25, 0.3) is 22.5 Å². The van der Waals surface area contributed by atoms with E-state index >= 15 is 0 Å². The highest BCUT2D eigenvalue weighted by Crippen LogP contribution is 2.32. The van der Waals surface area contributed by atoms with Crippen LogP contribution in [-0.4, -0.2) is 47.6 Å². The van der Waals surface area contributed by atoms with Crippen LogP contribution < -0.4 is 4.90 Å². The summed E-state index contributed by atoms with van der Waals surface area (Å²) in [6.07, 6.45) is 5.55. The van der Waals surface area contributed by atoms with E-state index in [1.165, 1.54) is 19.4 Å². The van der Waals surface area contributed by atoms with Gasteiger partial charge in [0, 0.05) is 40.8 Å². The normalized spacial score (nSPS) is 15.1. The molecule has 3 aromatic rings. The molecule has 4 nitrogen and oxygen atoms in total. The van der Waals surface area contributed by atoms with Crippen molar-refractivity contribution in [2.24, 2.45) is 0 Å². The molecule has 1 fully saturated rings. The number of benzene rings is 2. The van der Waals surface area contributed by atoms with Gasteiger partial charge in [-0.25, -0.2) is 4.98 Å². The predicted octanol–water partition coefficient (Wildman–Crippen LogP) is 6.43. The van der Waals surface area contributed by atoms with E-state index in [9.17, 15) is 0 Å². The molecule has 0 radical (unpaired) electrons. The van der Waals surface area contributed by atoms with E-state index in [1.807, 2.05) is 54.7 Å². The lowest BCUT2D eigenvalue weighted by Gasteiger charge is -2.23. The highest BCUT2D eigenvalue weighted by atomic mass is 35.5. The third-order valence-corrected chi connectivity index (χ3v) is 6.24. The molecule has 0 amide bonds. The molecule has 0 bridgehead atoms. The van der Waals surface area contributed by atoms with Gasteiger partial charge in [-0.15, -0.1) is 0 Å². The van der Waals surface area contributed by atoms with E-state index in [1.54, 1.807) is 0 Å². The van der Waals surface area contributed by atoms with Crippen molar-refractivity contribution in [1.29, 1.82) is 0 Å². The van der Waals surface area contributed by atoms with E-state index in [0.29, 0.717) is 10.0 Å². The maximum absolute atomic E-state index is 6.13. The lowest BCUT2D eigenvalue weighted by molar-refractivity contribution is 0.289. The lowest BCUT2D eigenvalue weighted by Crippen LogP contribution is -2.31. The molecule has 162 valence electrons. The van der Waals surface area contributed by atoms with Crippen LogP contribution in [-0.2, 0) is 0 Å². The molecule has 0 atom stereocenters. The number of aromatic nitrogens is 2. The van der Waals surface area contributed by atoms with Crippen molar-refractivity contribution in [3.05, 3.63) is 64.8 Å². The van der Waals surface area contributed by atoms with Crippen LogP contribution in [0.4, 0.5) is 5.82 Å².